The first-order chi connectivity index (χ1) is 8.79. The maximum absolute atomic E-state index is 11.7. The minimum Gasteiger partial charge on any atom is -0.472 e. The van der Waals surface area contributed by atoms with E-state index in [1.165, 1.54) is 0 Å². The third-order valence-electron chi connectivity index (χ3n) is 2.68. The van der Waals surface area contributed by atoms with Gasteiger partial charge in [-0.05, 0) is 24.1 Å². The minimum absolute atomic E-state index is 0.211. The van der Waals surface area contributed by atoms with E-state index in [-0.39, 0.29) is 6.03 Å². The maximum atomic E-state index is 11.7. The molecule has 0 aliphatic heterocycles. The quantitative estimate of drug-likeness (QED) is 0.868. The molecule has 1 heterocycles. The molecule has 0 aliphatic rings. The van der Waals surface area contributed by atoms with Gasteiger partial charge in [0.15, 0.2) is 0 Å². The van der Waals surface area contributed by atoms with Crippen LogP contribution in [0.15, 0.2) is 47.3 Å². The van der Waals surface area contributed by atoms with E-state index in [1.54, 1.807) is 12.5 Å². The van der Waals surface area contributed by atoms with Crippen LogP contribution >= 0.6 is 0 Å². The van der Waals surface area contributed by atoms with Gasteiger partial charge in [0.1, 0.15) is 0 Å². The molecule has 0 spiro atoms. The topological polar surface area (TPSA) is 54.3 Å². The molecule has 2 aromatic rings. The summed E-state index contributed by atoms with van der Waals surface area (Å²) in [7, 11) is 0. The van der Waals surface area contributed by atoms with Crippen molar-refractivity contribution in [3.63, 3.8) is 0 Å². The van der Waals surface area contributed by atoms with Gasteiger partial charge in [-0.1, -0.05) is 25.1 Å². The number of amides is 2. The lowest BCUT2D eigenvalue weighted by Gasteiger charge is -2.10. The Labute approximate surface area is 106 Å². The SMILES string of the molecule is CCc1ccccc1NC(=O)NCc1ccoc1. The summed E-state index contributed by atoms with van der Waals surface area (Å²) in [6, 6.07) is 9.39. The van der Waals surface area contributed by atoms with Crippen LogP contribution in [0.3, 0.4) is 0 Å². The van der Waals surface area contributed by atoms with Gasteiger partial charge in [0.05, 0.1) is 12.5 Å². The lowest BCUT2D eigenvalue weighted by molar-refractivity contribution is 0.251. The van der Waals surface area contributed by atoms with Crippen molar-refractivity contribution < 1.29 is 9.21 Å². The van der Waals surface area contributed by atoms with Gasteiger partial charge < -0.3 is 15.1 Å². The van der Waals surface area contributed by atoms with Gasteiger partial charge in [-0.2, -0.15) is 0 Å². The Morgan fingerprint density at radius 3 is 2.83 bits per heavy atom. The average Bonchev–Trinajstić information content (AvgIpc) is 2.90. The molecule has 0 saturated heterocycles. The van der Waals surface area contributed by atoms with E-state index in [2.05, 4.69) is 17.6 Å². The van der Waals surface area contributed by atoms with Crippen LogP contribution in [0.2, 0.25) is 0 Å². The molecule has 18 heavy (non-hydrogen) atoms. The number of aryl methyl sites for hydroxylation is 1. The normalized spacial score (nSPS) is 10.1. The van der Waals surface area contributed by atoms with E-state index in [9.17, 15) is 4.79 Å². The van der Waals surface area contributed by atoms with Crippen LogP contribution in [-0.2, 0) is 13.0 Å². The molecule has 0 bridgehead atoms. The number of carbonyl (C=O) groups excluding carboxylic acids is 1. The van der Waals surface area contributed by atoms with Crippen LogP contribution in [0.25, 0.3) is 0 Å². The van der Waals surface area contributed by atoms with Crippen LogP contribution in [0.5, 0.6) is 0 Å². The summed E-state index contributed by atoms with van der Waals surface area (Å²) in [6.07, 6.45) is 4.08. The summed E-state index contributed by atoms with van der Waals surface area (Å²) >= 11 is 0. The molecule has 4 nitrogen and oxygen atoms in total. The van der Waals surface area contributed by atoms with E-state index in [0.717, 1.165) is 23.2 Å². The number of nitrogens with one attached hydrogen (secondary N) is 2. The minimum atomic E-state index is -0.211. The first-order valence-electron chi connectivity index (χ1n) is 5.93. The van der Waals surface area contributed by atoms with E-state index in [1.807, 2.05) is 30.3 Å². The predicted octanol–water partition coefficient (Wildman–Crippen LogP) is 3.16. The molecule has 2 amide bonds. The number of anilines is 1. The number of carbonyl (C=O) groups is 1. The highest BCUT2D eigenvalue weighted by molar-refractivity contribution is 5.90. The van der Waals surface area contributed by atoms with Gasteiger partial charge in [-0.15, -0.1) is 0 Å². The van der Waals surface area contributed by atoms with Crippen LogP contribution in [-0.4, -0.2) is 6.03 Å². The van der Waals surface area contributed by atoms with Crippen molar-refractivity contribution in [1.82, 2.24) is 5.32 Å². The van der Waals surface area contributed by atoms with Crippen LogP contribution in [0.4, 0.5) is 10.5 Å². The number of para-hydroxylation sites is 1. The number of hydrogen-bond donors (Lipinski definition) is 2. The molecular weight excluding hydrogens is 228 g/mol. The summed E-state index contributed by atoms with van der Waals surface area (Å²) < 4.78 is 4.93. The second-order valence-electron chi connectivity index (χ2n) is 3.95. The molecule has 2 N–H and O–H groups in total. The Bertz CT molecular complexity index is 506. The number of rotatable bonds is 4. The number of hydrogen-bond acceptors (Lipinski definition) is 2. The lowest BCUT2D eigenvalue weighted by Crippen LogP contribution is -2.28. The standard InChI is InChI=1S/C14H16N2O2/c1-2-12-5-3-4-6-13(12)16-14(17)15-9-11-7-8-18-10-11/h3-8,10H,2,9H2,1H3,(H2,15,16,17). The lowest BCUT2D eigenvalue weighted by atomic mass is 10.1. The smallest absolute Gasteiger partial charge is 0.319 e. The molecular formula is C14H16N2O2. The van der Waals surface area contributed by atoms with Crippen molar-refractivity contribution >= 4 is 11.7 Å². The molecule has 0 atom stereocenters. The Kier molecular flexibility index (Phi) is 4.02. The monoisotopic (exact) mass is 244 g/mol. The highest BCUT2D eigenvalue weighted by Crippen LogP contribution is 2.15. The van der Waals surface area contributed by atoms with Crippen LogP contribution < -0.4 is 10.6 Å². The molecule has 0 saturated carbocycles. The zero-order chi connectivity index (χ0) is 12.8. The van der Waals surface area contributed by atoms with Gasteiger partial charge in [0, 0.05) is 17.8 Å². The molecule has 0 aliphatic carbocycles. The van der Waals surface area contributed by atoms with Crippen molar-refractivity contribution in [3.8, 4) is 0 Å². The summed E-state index contributed by atoms with van der Waals surface area (Å²) in [5, 5.41) is 5.62. The summed E-state index contributed by atoms with van der Waals surface area (Å²) in [5.41, 5.74) is 2.91. The largest absolute Gasteiger partial charge is 0.472 e. The average molecular weight is 244 g/mol. The Balaban J connectivity index is 1.90. The number of furan rings is 1. The maximum Gasteiger partial charge on any atom is 0.319 e. The first-order valence-corrected chi connectivity index (χ1v) is 5.93. The highest BCUT2D eigenvalue weighted by atomic mass is 16.3. The Morgan fingerprint density at radius 2 is 2.11 bits per heavy atom. The number of benzene rings is 1. The van der Waals surface area contributed by atoms with Crippen LogP contribution in [0.1, 0.15) is 18.1 Å². The third-order valence-corrected chi connectivity index (χ3v) is 2.68. The van der Waals surface area contributed by atoms with Crippen LogP contribution in [0, 0.1) is 0 Å². The van der Waals surface area contributed by atoms with Gasteiger partial charge in [-0.3, -0.25) is 0 Å². The first kappa shape index (κ1) is 12.2. The fraction of sp³-hybridized carbons (Fsp3) is 0.214. The van der Waals surface area contributed by atoms with E-state index in [4.69, 9.17) is 4.42 Å². The highest BCUT2D eigenvalue weighted by Gasteiger charge is 2.05. The number of urea groups is 1. The fourth-order valence-corrected chi connectivity index (χ4v) is 1.69. The van der Waals surface area contributed by atoms with Gasteiger partial charge >= 0.3 is 6.03 Å². The second-order valence-corrected chi connectivity index (χ2v) is 3.95. The molecule has 0 fully saturated rings. The Hall–Kier alpha value is -2.23. The molecule has 0 unspecified atom stereocenters. The zero-order valence-corrected chi connectivity index (χ0v) is 10.3. The van der Waals surface area contributed by atoms with Crippen molar-refractivity contribution in [2.45, 2.75) is 19.9 Å². The molecule has 1 aromatic carbocycles. The van der Waals surface area contributed by atoms with Crippen molar-refractivity contribution in [2.24, 2.45) is 0 Å². The van der Waals surface area contributed by atoms with E-state index < -0.39 is 0 Å². The molecule has 4 heteroatoms. The molecule has 1 aromatic heterocycles. The van der Waals surface area contributed by atoms with Gasteiger partial charge in [0.2, 0.25) is 0 Å². The summed E-state index contributed by atoms with van der Waals surface area (Å²) in [4.78, 5) is 11.7. The second kappa shape index (κ2) is 5.91. The molecule has 94 valence electrons. The predicted molar refractivity (Wildman–Crippen MR) is 70.4 cm³/mol. The molecule has 2 rings (SSSR count). The third kappa shape index (κ3) is 3.13. The Morgan fingerprint density at radius 1 is 1.28 bits per heavy atom. The van der Waals surface area contributed by atoms with E-state index in [0.29, 0.717) is 6.54 Å². The van der Waals surface area contributed by atoms with E-state index >= 15 is 0 Å². The van der Waals surface area contributed by atoms with Crippen molar-refractivity contribution in [1.29, 1.82) is 0 Å². The van der Waals surface area contributed by atoms with Crippen molar-refractivity contribution in [3.05, 3.63) is 54.0 Å². The summed E-state index contributed by atoms with van der Waals surface area (Å²) in [6.45, 7) is 2.51. The van der Waals surface area contributed by atoms with Crippen molar-refractivity contribution in [2.75, 3.05) is 5.32 Å². The van der Waals surface area contributed by atoms with Gasteiger partial charge in [-0.25, -0.2) is 4.79 Å². The van der Waals surface area contributed by atoms with Gasteiger partial charge in [0.25, 0.3) is 0 Å². The fourth-order valence-electron chi connectivity index (χ4n) is 1.69. The molecule has 0 radical (unpaired) electrons. The summed E-state index contributed by atoms with van der Waals surface area (Å²) in [5.74, 6) is 0. The zero-order valence-electron chi connectivity index (χ0n) is 10.3.